The summed E-state index contributed by atoms with van der Waals surface area (Å²) in [6.07, 6.45) is 2.54. The Hall–Kier alpha value is -0.580. The summed E-state index contributed by atoms with van der Waals surface area (Å²) in [4.78, 5) is 11.1. The van der Waals surface area contributed by atoms with Crippen molar-refractivity contribution in [3.05, 3.63) is 32.8 Å². The van der Waals surface area contributed by atoms with Gasteiger partial charge in [0.25, 0.3) is 0 Å². The van der Waals surface area contributed by atoms with Crippen LogP contribution in [0.2, 0.25) is 5.02 Å². The molecule has 106 valence electrons. The van der Waals surface area contributed by atoms with Gasteiger partial charge in [0.1, 0.15) is 6.04 Å². The molecule has 1 rings (SSSR count). The Morgan fingerprint density at radius 3 is 2.79 bits per heavy atom. The second-order valence-corrected chi connectivity index (χ2v) is 5.87. The molecule has 1 atom stereocenters. The van der Waals surface area contributed by atoms with Crippen molar-refractivity contribution in [3.63, 3.8) is 0 Å². The van der Waals surface area contributed by atoms with Crippen LogP contribution in [0.15, 0.2) is 16.6 Å². The summed E-state index contributed by atoms with van der Waals surface area (Å²) in [7, 11) is 0. The van der Waals surface area contributed by atoms with Crippen LogP contribution in [0.4, 0.5) is 0 Å². The smallest absolute Gasteiger partial charge is 0.320 e. The van der Waals surface area contributed by atoms with E-state index in [-0.39, 0.29) is 0 Å². The van der Waals surface area contributed by atoms with E-state index in [1.165, 1.54) is 0 Å². The van der Waals surface area contributed by atoms with Gasteiger partial charge < -0.3 is 10.4 Å². The van der Waals surface area contributed by atoms with Gasteiger partial charge in [-0.2, -0.15) is 0 Å². The van der Waals surface area contributed by atoms with Crippen molar-refractivity contribution in [1.82, 2.24) is 5.32 Å². The van der Waals surface area contributed by atoms with Gasteiger partial charge in [-0.15, -0.1) is 0 Å². The van der Waals surface area contributed by atoms with Crippen LogP contribution in [0, 0.1) is 6.92 Å². The van der Waals surface area contributed by atoms with E-state index in [0.717, 1.165) is 28.4 Å². The zero-order valence-electron chi connectivity index (χ0n) is 11.2. The molecule has 0 fully saturated rings. The number of hydrogen-bond donors (Lipinski definition) is 2. The number of carboxylic acid groups (broad SMARTS) is 1. The summed E-state index contributed by atoms with van der Waals surface area (Å²) in [5.74, 6) is -0.803. The standard InChI is InChI=1S/C14H19BrClNO2/c1-3-4-5-13(14(18)19)17-8-10-7-12(16)9(2)6-11(10)15/h6-7,13,17H,3-5,8H2,1-2H3,(H,18,19). The maximum Gasteiger partial charge on any atom is 0.320 e. The number of benzene rings is 1. The van der Waals surface area contributed by atoms with Crippen LogP contribution < -0.4 is 5.32 Å². The Balaban J connectivity index is 2.68. The molecule has 19 heavy (non-hydrogen) atoms. The monoisotopic (exact) mass is 347 g/mol. The number of halogens is 2. The first kappa shape index (κ1) is 16.5. The normalized spacial score (nSPS) is 12.4. The number of nitrogens with one attached hydrogen (secondary N) is 1. The highest BCUT2D eigenvalue weighted by Crippen LogP contribution is 2.25. The van der Waals surface area contributed by atoms with Crippen LogP contribution in [0.3, 0.4) is 0 Å². The van der Waals surface area contributed by atoms with Crippen molar-refractivity contribution in [3.8, 4) is 0 Å². The average molecular weight is 349 g/mol. The minimum atomic E-state index is -0.803. The van der Waals surface area contributed by atoms with E-state index in [2.05, 4.69) is 28.2 Å². The molecule has 0 aromatic heterocycles. The van der Waals surface area contributed by atoms with E-state index < -0.39 is 12.0 Å². The predicted octanol–water partition coefficient (Wildman–Crippen LogP) is 4.14. The molecule has 0 aliphatic carbocycles. The summed E-state index contributed by atoms with van der Waals surface area (Å²) >= 11 is 9.56. The van der Waals surface area contributed by atoms with Crippen LogP contribution in [-0.4, -0.2) is 17.1 Å². The second-order valence-electron chi connectivity index (χ2n) is 4.61. The second kappa shape index (κ2) is 7.88. The summed E-state index contributed by atoms with van der Waals surface area (Å²) in [6, 6.07) is 3.31. The van der Waals surface area contributed by atoms with Gasteiger partial charge in [0, 0.05) is 16.0 Å². The molecule has 1 aromatic carbocycles. The lowest BCUT2D eigenvalue weighted by Crippen LogP contribution is -2.36. The first-order valence-corrected chi connectivity index (χ1v) is 7.53. The molecule has 2 N–H and O–H groups in total. The highest BCUT2D eigenvalue weighted by Gasteiger charge is 2.16. The highest BCUT2D eigenvalue weighted by molar-refractivity contribution is 9.10. The van der Waals surface area contributed by atoms with Gasteiger partial charge in [0.2, 0.25) is 0 Å². The van der Waals surface area contributed by atoms with Crippen molar-refractivity contribution in [2.45, 2.75) is 45.7 Å². The number of carbonyl (C=O) groups is 1. The van der Waals surface area contributed by atoms with E-state index in [9.17, 15) is 4.79 Å². The van der Waals surface area contributed by atoms with Gasteiger partial charge in [-0.1, -0.05) is 47.3 Å². The molecule has 0 saturated heterocycles. The van der Waals surface area contributed by atoms with Crippen LogP contribution in [0.5, 0.6) is 0 Å². The van der Waals surface area contributed by atoms with Gasteiger partial charge >= 0.3 is 5.97 Å². The van der Waals surface area contributed by atoms with Crippen LogP contribution in [0.1, 0.15) is 37.3 Å². The van der Waals surface area contributed by atoms with Gasteiger partial charge in [-0.3, -0.25) is 4.79 Å². The molecule has 0 spiro atoms. The molecule has 5 heteroatoms. The molecule has 1 aromatic rings. The van der Waals surface area contributed by atoms with Crippen molar-refractivity contribution < 1.29 is 9.90 Å². The van der Waals surface area contributed by atoms with Gasteiger partial charge in [-0.25, -0.2) is 0 Å². The molecule has 0 aliphatic rings. The fourth-order valence-electron chi connectivity index (χ4n) is 1.78. The predicted molar refractivity (Wildman–Crippen MR) is 81.7 cm³/mol. The van der Waals surface area contributed by atoms with Gasteiger partial charge in [0.05, 0.1) is 0 Å². The van der Waals surface area contributed by atoms with Crippen molar-refractivity contribution >= 4 is 33.5 Å². The zero-order valence-corrected chi connectivity index (χ0v) is 13.5. The molecule has 3 nitrogen and oxygen atoms in total. The van der Waals surface area contributed by atoms with Crippen LogP contribution in [0.25, 0.3) is 0 Å². The molecule has 0 bridgehead atoms. The minimum absolute atomic E-state index is 0.487. The lowest BCUT2D eigenvalue weighted by Gasteiger charge is -2.15. The number of hydrogen-bond acceptors (Lipinski definition) is 2. The Kier molecular flexibility index (Phi) is 6.83. The Bertz CT molecular complexity index is 451. The van der Waals surface area contributed by atoms with E-state index >= 15 is 0 Å². The van der Waals surface area contributed by atoms with Gasteiger partial charge in [0.15, 0.2) is 0 Å². The van der Waals surface area contributed by atoms with Crippen LogP contribution >= 0.6 is 27.5 Å². The summed E-state index contributed by atoms with van der Waals surface area (Å²) in [6.45, 7) is 4.47. The van der Waals surface area contributed by atoms with E-state index in [1.807, 2.05) is 19.1 Å². The van der Waals surface area contributed by atoms with E-state index in [0.29, 0.717) is 18.0 Å². The zero-order chi connectivity index (χ0) is 14.4. The van der Waals surface area contributed by atoms with E-state index in [4.69, 9.17) is 16.7 Å². The maximum atomic E-state index is 11.1. The Morgan fingerprint density at radius 1 is 1.53 bits per heavy atom. The summed E-state index contributed by atoms with van der Waals surface area (Å²) < 4.78 is 0.946. The largest absolute Gasteiger partial charge is 0.480 e. The summed E-state index contributed by atoms with van der Waals surface area (Å²) in [5, 5.41) is 12.9. The third-order valence-corrected chi connectivity index (χ3v) is 4.16. The topological polar surface area (TPSA) is 49.3 Å². The fraction of sp³-hybridized carbons (Fsp3) is 0.500. The minimum Gasteiger partial charge on any atom is -0.480 e. The first-order chi connectivity index (χ1) is 8.95. The lowest BCUT2D eigenvalue weighted by molar-refractivity contribution is -0.139. The molecular weight excluding hydrogens is 330 g/mol. The molecule has 0 heterocycles. The number of rotatable bonds is 7. The lowest BCUT2D eigenvalue weighted by atomic mass is 10.1. The number of aryl methyl sites for hydroxylation is 1. The van der Waals surface area contributed by atoms with Crippen molar-refractivity contribution in [2.75, 3.05) is 0 Å². The Morgan fingerprint density at radius 2 is 2.21 bits per heavy atom. The summed E-state index contributed by atoms with van der Waals surface area (Å²) in [5.41, 5.74) is 1.97. The first-order valence-electron chi connectivity index (χ1n) is 6.36. The fourth-order valence-corrected chi connectivity index (χ4v) is 2.56. The third kappa shape index (κ3) is 5.13. The number of aliphatic carboxylic acids is 1. The Labute approximate surface area is 127 Å². The van der Waals surface area contributed by atoms with Gasteiger partial charge in [-0.05, 0) is 36.6 Å². The number of unbranched alkanes of at least 4 members (excludes halogenated alkanes) is 1. The number of carboxylic acids is 1. The quantitative estimate of drug-likeness (QED) is 0.778. The van der Waals surface area contributed by atoms with E-state index in [1.54, 1.807) is 0 Å². The van der Waals surface area contributed by atoms with Crippen molar-refractivity contribution in [2.24, 2.45) is 0 Å². The molecular formula is C14H19BrClNO2. The molecule has 0 aliphatic heterocycles. The SMILES string of the molecule is CCCCC(NCc1cc(Cl)c(C)cc1Br)C(=O)O. The third-order valence-electron chi connectivity index (χ3n) is 3.01. The highest BCUT2D eigenvalue weighted by atomic mass is 79.9. The van der Waals surface area contributed by atoms with Crippen LogP contribution in [-0.2, 0) is 11.3 Å². The molecule has 1 unspecified atom stereocenters. The van der Waals surface area contributed by atoms with Crippen molar-refractivity contribution in [1.29, 1.82) is 0 Å². The molecule has 0 saturated carbocycles. The molecule has 0 amide bonds. The molecule has 0 radical (unpaired) electrons. The average Bonchev–Trinajstić information content (AvgIpc) is 2.34. The maximum absolute atomic E-state index is 11.1.